The van der Waals surface area contributed by atoms with Crippen LogP contribution < -0.4 is 27.8 Å². The molecule has 1 saturated heterocycles. The van der Waals surface area contributed by atoms with Crippen molar-refractivity contribution in [2.45, 2.75) is 70.1 Å². The zero-order chi connectivity index (χ0) is 25.8. The maximum atomic E-state index is 13.3. The van der Waals surface area contributed by atoms with Crippen LogP contribution in [0.25, 0.3) is 0 Å². The zero-order valence-corrected chi connectivity index (χ0v) is 21.0. The van der Waals surface area contributed by atoms with Crippen molar-refractivity contribution in [2.75, 3.05) is 25.1 Å². The van der Waals surface area contributed by atoms with Crippen molar-refractivity contribution >= 4 is 41.4 Å². The molecule has 1 aliphatic rings. The molecule has 0 aromatic carbocycles. The summed E-state index contributed by atoms with van der Waals surface area (Å²) < 4.78 is 0. The normalized spacial score (nSPS) is 18.1. The first kappa shape index (κ1) is 29.5. The van der Waals surface area contributed by atoms with Crippen LogP contribution in [-0.4, -0.2) is 88.9 Å². The van der Waals surface area contributed by atoms with Gasteiger partial charge in [0.15, 0.2) is 5.96 Å². The average molecular weight is 502 g/mol. The number of nitrogens with zero attached hydrogens (tertiary/aromatic N) is 2. The second-order valence-electron chi connectivity index (χ2n) is 8.66. The average Bonchev–Trinajstić information content (AvgIpc) is 3.26. The lowest BCUT2D eigenvalue weighted by Gasteiger charge is -2.30. The molecule has 13 heteroatoms. The van der Waals surface area contributed by atoms with E-state index in [2.05, 4.69) is 15.6 Å². The van der Waals surface area contributed by atoms with Gasteiger partial charge in [0.25, 0.3) is 0 Å². The Bertz CT molecular complexity index is 745. The molecule has 1 heterocycles. The van der Waals surface area contributed by atoms with Crippen LogP contribution in [0.2, 0.25) is 0 Å². The third-order valence-electron chi connectivity index (χ3n) is 5.60. The number of aliphatic carboxylic acids is 1. The van der Waals surface area contributed by atoms with E-state index >= 15 is 0 Å². The Labute approximate surface area is 204 Å². The van der Waals surface area contributed by atoms with Gasteiger partial charge < -0.3 is 37.8 Å². The van der Waals surface area contributed by atoms with Crippen molar-refractivity contribution in [2.24, 2.45) is 28.1 Å². The fourth-order valence-corrected chi connectivity index (χ4v) is 4.16. The standard InChI is InChI=1S/C21H39N7O5S/c1-12(2)16(20(32)33)27-18(30)15-7-5-10-28(15)19(31)14(8-11-34-3)26-17(29)13(22)6-4-9-25-21(23)24/h12-16H,4-11,22H2,1-3H3,(H,26,29)(H,27,30)(H,32,33)(H4,23,24,25). The summed E-state index contributed by atoms with van der Waals surface area (Å²) >= 11 is 1.53. The molecular formula is C21H39N7O5S. The topological polar surface area (TPSA) is 206 Å². The highest BCUT2D eigenvalue weighted by atomic mass is 32.2. The number of carboxylic acids is 1. The van der Waals surface area contributed by atoms with Gasteiger partial charge in [-0.25, -0.2) is 4.79 Å². The smallest absolute Gasteiger partial charge is 0.326 e. The number of likely N-dealkylation sites (tertiary alicyclic amines) is 1. The summed E-state index contributed by atoms with van der Waals surface area (Å²) in [5.41, 5.74) is 16.5. The molecule has 4 atom stereocenters. The van der Waals surface area contributed by atoms with Crippen LogP contribution >= 0.6 is 11.8 Å². The first-order valence-electron chi connectivity index (χ1n) is 11.4. The third kappa shape index (κ3) is 9.37. The molecule has 1 aliphatic heterocycles. The zero-order valence-electron chi connectivity index (χ0n) is 20.2. The number of nitrogens with one attached hydrogen (secondary N) is 2. The van der Waals surface area contributed by atoms with E-state index in [1.54, 1.807) is 13.8 Å². The van der Waals surface area contributed by atoms with Crippen molar-refractivity contribution in [3.05, 3.63) is 0 Å². The number of rotatable bonds is 14. The maximum absolute atomic E-state index is 13.3. The van der Waals surface area contributed by atoms with Gasteiger partial charge >= 0.3 is 5.97 Å². The van der Waals surface area contributed by atoms with Gasteiger partial charge in [-0.15, -0.1) is 0 Å². The number of thioether (sulfide) groups is 1. The first-order chi connectivity index (χ1) is 16.0. The molecule has 194 valence electrons. The van der Waals surface area contributed by atoms with Gasteiger partial charge in [-0.2, -0.15) is 11.8 Å². The number of hydrogen-bond acceptors (Lipinski definition) is 7. The largest absolute Gasteiger partial charge is 0.480 e. The van der Waals surface area contributed by atoms with Crippen LogP contribution in [0.1, 0.15) is 46.0 Å². The van der Waals surface area contributed by atoms with E-state index in [1.165, 1.54) is 16.7 Å². The van der Waals surface area contributed by atoms with Crippen LogP contribution in [0, 0.1) is 5.92 Å². The lowest BCUT2D eigenvalue weighted by Crippen LogP contribution is -2.57. The van der Waals surface area contributed by atoms with E-state index in [1.807, 2.05) is 6.26 Å². The van der Waals surface area contributed by atoms with E-state index in [4.69, 9.17) is 17.2 Å². The maximum Gasteiger partial charge on any atom is 0.326 e. The SMILES string of the molecule is CSCCC(NC(=O)C(N)CCCN=C(N)N)C(=O)N1CCCC1C(=O)NC(C(=O)O)C(C)C. The van der Waals surface area contributed by atoms with Crippen molar-refractivity contribution in [1.29, 1.82) is 0 Å². The van der Waals surface area contributed by atoms with Crippen molar-refractivity contribution in [3.63, 3.8) is 0 Å². The van der Waals surface area contributed by atoms with E-state index in [-0.39, 0.29) is 17.8 Å². The summed E-state index contributed by atoms with van der Waals surface area (Å²) in [5.74, 6) is -2.19. The van der Waals surface area contributed by atoms with Gasteiger partial charge in [0.2, 0.25) is 17.7 Å². The molecule has 0 saturated carbocycles. The quantitative estimate of drug-likeness (QED) is 0.0960. The molecule has 3 amide bonds. The lowest BCUT2D eigenvalue weighted by atomic mass is 10.0. The molecular weight excluding hydrogens is 462 g/mol. The number of aliphatic imine (C=N–C) groups is 1. The van der Waals surface area contributed by atoms with Crippen LogP contribution in [-0.2, 0) is 19.2 Å². The Morgan fingerprint density at radius 3 is 2.41 bits per heavy atom. The van der Waals surface area contributed by atoms with Crippen molar-refractivity contribution in [3.8, 4) is 0 Å². The number of carbonyl (C=O) groups excluding carboxylic acids is 3. The highest BCUT2D eigenvalue weighted by molar-refractivity contribution is 7.98. The van der Waals surface area contributed by atoms with Crippen LogP contribution in [0.3, 0.4) is 0 Å². The summed E-state index contributed by atoms with van der Waals surface area (Å²) in [6.45, 7) is 4.10. The van der Waals surface area contributed by atoms with Gasteiger partial charge in [0, 0.05) is 13.1 Å². The third-order valence-corrected chi connectivity index (χ3v) is 6.24. The fraction of sp³-hybridized carbons (Fsp3) is 0.762. The van der Waals surface area contributed by atoms with E-state index in [0.29, 0.717) is 50.9 Å². The highest BCUT2D eigenvalue weighted by Crippen LogP contribution is 2.20. The monoisotopic (exact) mass is 501 g/mol. The predicted octanol–water partition coefficient (Wildman–Crippen LogP) is -1.18. The van der Waals surface area contributed by atoms with Gasteiger partial charge in [0.05, 0.1) is 6.04 Å². The molecule has 0 aromatic heterocycles. The Morgan fingerprint density at radius 2 is 1.85 bits per heavy atom. The molecule has 0 radical (unpaired) electrons. The van der Waals surface area contributed by atoms with Crippen molar-refractivity contribution < 1.29 is 24.3 Å². The molecule has 1 fully saturated rings. The summed E-state index contributed by atoms with van der Waals surface area (Å²) in [6.07, 6.45) is 4.15. The second kappa shape index (κ2) is 14.7. The van der Waals surface area contributed by atoms with Gasteiger partial charge in [0.1, 0.15) is 18.1 Å². The Kier molecular flexibility index (Phi) is 12.7. The minimum Gasteiger partial charge on any atom is -0.480 e. The van der Waals surface area contributed by atoms with E-state index in [0.717, 1.165) is 0 Å². The van der Waals surface area contributed by atoms with Gasteiger partial charge in [-0.1, -0.05) is 13.8 Å². The Morgan fingerprint density at radius 1 is 1.18 bits per heavy atom. The van der Waals surface area contributed by atoms with Gasteiger partial charge in [-0.3, -0.25) is 19.4 Å². The van der Waals surface area contributed by atoms with Crippen LogP contribution in [0.5, 0.6) is 0 Å². The van der Waals surface area contributed by atoms with Crippen molar-refractivity contribution in [1.82, 2.24) is 15.5 Å². The molecule has 9 N–H and O–H groups in total. The summed E-state index contributed by atoms with van der Waals surface area (Å²) in [4.78, 5) is 55.6. The number of carboxylic acid groups (broad SMARTS) is 1. The van der Waals surface area contributed by atoms with Crippen LogP contribution in [0.15, 0.2) is 4.99 Å². The first-order valence-corrected chi connectivity index (χ1v) is 12.8. The molecule has 0 bridgehead atoms. The molecule has 0 aliphatic carbocycles. The van der Waals surface area contributed by atoms with Crippen LogP contribution in [0.4, 0.5) is 0 Å². The molecule has 12 nitrogen and oxygen atoms in total. The summed E-state index contributed by atoms with van der Waals surface area (Å²) in [7, 11) is 0. The Hall–Kier alpha value is -2.54. The minimum absolute atomic E-state index is 0.0342. The predicted molar refractivity (Wildman–Crippen MR) is 132 cm³/mol. The molecule has 34 heavy (non-hydrogen) atoms. The fourth-order valence-electron chi connectivity index (χ4n) is 3.69. The number of carbonyl (C=O) groups is 4. The molecule has 0 spiro atoms. The summed E-state index contributed by atoms with van der Waals surface area (Å²) in [6, 6.07) is -3.50. The molecule has 0 aromatic rings. The number of hydrogen-bond donors (Lipinski definition) is 6. The van der Waals surface area contributed by atoms with Gasteiger partial charge in [-0.05, 0) is 50.0 Å². The van der Waals surface area contributed by atoms with E-state index < -0.39 is 42.0 Å². The van der Waals surface area contributed by atoms with E-state index in [9.17, 15) is 24.3 Å². The number of amides is 3. The number of guanidine groups is 1. The Balaban J connectivity index is 2.85. The molecule has 4 unspecified atom stereocenters. The highest BCUT2D eigenvalue weighted by Gasteiger charge is 2.39. The summed E-state index contributed by atoms with van der Waals surface area (Å²) in [5, 5.41) is 14.7. The lowest BCUT2D eigenvalue weighted by molar-refractivity contribution is -0.145. The minimum atomic E-state index is -1.13. The molecule has 1 rings (SSSR count). The second-order valence-corrected chi connectivity index (χ2v) is 9.64. The number of nitrogens with two attached hydrogens (primary N) is 3.